The minimum atomic E-state index is -0.0512. The molecular weight excluding hydrogens is 350 g/mol. The van der Waals surface area contributed by atoms with Gasteiger partial charge in [0.15, 0.2) is 0 Å². The van der Waals surface area contributed by atoms with E-state index in [2.05, 4.69) is 24.5 Å². The number of hydrogen-bond donors (Lipinski definition) is 2. The van der Waals surface area contributed by atoms with Crippen molar-refractivity contribution in [3.8, 4) is 0 Å². The van der Waals surface area contributed by atoms with E-state index in [0.717, 1.165) is 44.2 Å². The Hall–Kier alpha value is -2.04. The highest BCUT2D eigenvalue weighted by molar-refractivity contribution is 6.02. The largest absolute Gasteiger partial charge is 0.377 e. The summed E-state index contributed by atoms with van der Waals surface area (Å²) in [5.41, 5.74) is 2.18. The van der Waals surface area contributed by atoms with Crippen LogP contribution in [0.4, 0.5) is 11.4 Å². The van der Waals surface area contributed by atoms with Crippen LogP contribution in [-0.2, 0) is 4.79 Å². The molecule has 0 aliphatic heterocycles. The second kappa shape index (κ2) is 11.1. The normalized spacial score (nSPS) is 15.7. The van der Waals surface area contributed by atoms with Gasteiger partial charge in [-0.15, -0.1) is 0 Å². The molecule has 1 atom stereocenters. The molecule has 1 aliphatic carbocycles. The van der Waals surface area contributed by atoms with Crippen LogP contribution in [0, 0.1) is 5.92 Å². The molecule has 2 rings (SSSR count). The third-order valence-corrected chi connectivity index (χ3v) is 5.70. The SMILES string of the molecule is CCCCC(CC)C(=O)Nc1ccc(N(C)C)c(C(=O)NC2CCCCC2)c1. The van der Waals surface area contributed by atoms with Gasteiger partial charge in [0.05, 0.1) is 5.56 Å². The number of carbonyl (C=O) groups excluding carboxylic acids is 2. The molecule has 5 nitrogen and oxygen atoms in total. The first kappa shape index (κ1) is 22.3. The summed E-state index contributed by atoms with van der Waals surface area (Å²) in [5, 5.41) is 6.22. The molecule has 28 heavy (non-hydrogen) atoms. The lowest BCUT2D eigenvalue weighted by molar-refractivity contribution is -0.120. The molecular formula is C23H37N3O2. The van der Waals surface area contributed by atoms with Gasteiger partial charge in [0.1, 0.15) is 0 Å². The number of benzene rings is 1. The van der Waals surface area contributed by atoms with Crippen LogP contribution in [0.5, 0.6) is 0 Å². The van der Waals surface area contributed by atoms with Crippen molar-refractivity contribution in [2.45, 2.75) is 77.7 Å². The Kier molecular flexibility index (Phi) is 8.81. The highest BCUT2D eigenvalue weighted by Crippen LogP contribution is 2.25. The van der Waals surface area contributed by atoms with Gasteiger partial charge in [0.25, 0.3) is 5.91 Å². The van der Waals surface area contributed by atoms with Gasteiger partial charge in [-0.05, 0) is 43.9 Å². The number of anilines is 2. The van der Waals surface area contributed by atoms with Crippen molar-refractivity contribution in [1.82, 2.24) is 5.32 Å². The monoisotopic (exact) mass is 387 g/mol. The molecule has 1 aliphatic rings. The predicted octanol–water partition coefficient (Wildman–Crippen LogP) is 4.97. The highest BCUT2D eigenvalue weighted by Gasteiger charge is 2.21. The van der Waals surface area contributed by atoms with Crippen LogP contribution in [0.3, 0.4) is 0 Å². The minimum Gasteiger partial charge on any atom is -0.377 e. The van der Waals surface area contributed by atoms with E-state index in [1.54, 1.807) is 0 Å². The summed E-state index contributed by atoms with van der Waals surface area (Å²) < 4.78 is 0. The number of unbranched alkanes of at least 4 members (excludes halogenated alkanes) is 1. The van der Waals surface area contributed by atoms with Crippen molar-refractivity contribution in [3.05, 3.63) is 23.8 Å². The predicted molar refractivity (Wildman–Crippen MR) is 117 cm³/mol. The van der Waals surface area contributed by atoms with Crippen LogP contribution in [-0.4, -0.2) is 32.0 Å². The lowest BCUT2D eigenvalue weighted by Crippen LogP contribution is -2.36. The molecule has 0 spiro atoms. The number of rotatable bonds is 9. The van der Waals surface area contributed by atoms with E-state index in [9.17, 15) is 9.59 Å². The minimum absolute atomic E-state index is 0.0213. The van der Waals surface area contributed by atoms with Crippen molar-refractivity contribution >= 4 is 23.2 Å². The van der Waals surface area contributed by atoms with Crippen molar-refractivity contribution in [2.75, 3.05) is 24.3 Å². The lowest BCUT2D eigenvalue weighted by Gasteiger charge is -2.25. The highest BCUT2D eigenvalue weighted by atomic mass is 16.2. The van der Waals surface area contributed by atoms with Gasteiger partial charge in [-0.1, -0.05) is 46.0 Å². The molecule has 156 valence electrons. The van der Waals surface area contributed by atoms with Crippen molar-refractivity contribution in [1.29, 1.82) is 0 Å². The molecule has 1 fully saturated rings. The van der Waals surface area contributed by atoms with Gasteiger partial charge < -0.3 is 15.5 Å². The Morgan fingerprint density at radius 2 is 1.86 bits per heavy atom. The fourth-order valence-corrected chi connectivity index (χ4v) is 3.91. The zero-order chi connectivity index (χ0) is 20.5. The Bertz CT molecular complexity index is 651. The quantitative estimate of drug-likeness (QED) is 0.629. The van der Waals surface area contributed by atoms with E-state index >= 15 is 0 Å². The van der Waals surface area contributed by atoms with Gasteiger partial charge in [-0.25, -0.2) is 0 Å². The molecule has 5 heteroatoms. The van der Waals surface area contributed by atoms with E-state index in [-0.39, 0.29) is 23.8 Å². The van der Waals surface area contributed by atoms with Crippen LogP contribution < -0.4 is 15.5 Å². The third-order valence-electron chi connectivity index (χ3n) is 5.70. The van der Waals surface area contributed by atoms with Crippen LogP contribution in [0.1, 0.15) is 82.0 Å². The van der Waals surface area contributed by atoms with Crippen molar-refractivity contribution in [2.24, 2.45) is 5.92 Å². The zero-order valence-corrected chi connectivity index (χ0v) is 18.0. The summed E-state index contributed by atoms with van der Waals surface area (Å²) in [6.45, 7) is 4.19. The second-order valence-electron chi connectivity index (χ2n) is 8.17. The van der Waals surface area contributed by atoms with Gasteiger partial charge in [-0.3, -0.25) is 9.59 Å². The second-order valence-corrected chi connectivity index (χ2v) is 8.17. The number of amides is 2. The first-order chi connectivity index (χ1) is 13.5. The average Bonchev–Trinajstić information content (AvgIpc) is 2.69. The fourth-order valence-electron chi connectivity index (χ4n) is 3.91. The first-order valence-corrected chi connectivity index (χ1v) is 10.9. The summed E-state index contributed by atoms with van der Waals surface area (Å²) in [4.78, 5) is 27.5. The van der Waals surface area contributed by atoms with Crippen LogP contribution in [0.15, 0.2) is 18.2 Å². The maximum absolute atomic E-state index is 13.0. The average molecular weight is 388 g/mol. The summed E-state index contributed by atoms with van der Waals surface area (Å²) in [5.74, 6) is 0.0184. The van der Waals surface area contributed by atoms with E-state index < -0.39 is 0 Å². The molecule has 0 heterocycles. The Morgan fingerprint density at radius 3 is 2.46 bits per heavy atom. The topological polar surface area (TPSA) is 61.4 Å². The van der Waals surface area contributed by atoms with Gasteiger partial charge in [0, 0.05) is 37.4 Å². The zero-order valence-electron chi connectivity index (χ0n) is 18.0. The lowest BCUT2D eigenvalue weighted by atomic mass is 9.95. The van der Waals surface area contributed by atoms with E-state index in [1.807, 2.05) is 37.2 Å². The number of hydrogen-bond acceptors (Lipinski definition) is 3. The van der Waals surface area contributed by atoms with Crippen molar-refractivity contribution < 1.29 is 9.59 Å². The molecule has 2 N–H and O–H groups in total. The summed E-state index contributed by atoms with van der Waals surface area (Å²) >= 11 is 0. The molecule has 0 radical (unpaired) electrons. The fraction of sp³-hybridized carbons (Fsp3) is 0.652. The first-order valence-electron chi connectivity index (χ1n) is 10.9. The summed E-state index contributed by atoms with van der Waals surface area (Å²) in [7, 11) is 3.87. The summed E-state index contributed by atoms with van der Waals surface area (Å²) in [6, 6.07) is 5.88. The van der Waals surface area contributed by atoms with Crippen molar-refractivity contribution in [3.63, 3.8) is 0 Å². The van der Waals surface area contributed by atoms with Crippen LogP contribution in [0.25, 0.3) is 0 Å². The molecule has 0 aromatic heterocycles. The molecule has 1 aromatic carbocycles. The number of nitrogens with zero attached hydrogens (tertiary/aromatic N) is 1. The van der Waals surface area contributed by atoms with E-state index in [1.165, 1.54) is 19.3 Å². The molecule has 1 unspecified atom stereocenters. The van der Waals surface area contributed by atoms with Gasteiger partial charge in [-0.2, -0.15) is 0 Å². The summed E-state index contributed by atoms with van der Waals surface area (Å²) in [6.07, 6.45) is 9.60. The number of carbonyl (C=O) groups is 2. The smallest absolute Gasteiger partial charge is 0.253 e. The van der Waals surface area contributed by atoms with Gasteiger partial charge >= 0.3 is 0 Å². The van der Waals surface area contributed by atoms with E-state index in [4.69, 9.17) is 0 Å². The number of nitrogens with one attached hydrogen (secondary N) is 2. The van der Waals surface area contributed by atoms with Crippen LogP contribution in [0.2, 0.25) is 0 Å². The Morgan fingerprint density at radius 1 is 1.14 bits per heavy atom. The molecule has 0 bridgehead atoms. The van der Waals surface area contributed by atoms with Crippen LogP contribution >= 0.6 is 0 Å². The Labute approximate surface area is 170 Å². The standard InChI is InChI=1S/C23H37N3O2/c1-5-7-11-17(6-2)22(27)25-19-14-15-21(26(3)4)20(16-19)23(28)24-18-12-9-8-10-13-18/h14-18H,5-13H2,1-4H3,(H,24,28)(H,25,27). The molecule has 1 saturated carbocycles. The molecule has 1 aromatic rings. The van der Waals surface area contributed by atoms with Gasteiger partial charge in [0.2, 0.25) is 5.91 Å². The maximum Gasteiger partial charge on any atom is 0.253 e. The third kappa shape index (κ3) is 6.25. The maximum atomic E-state index is 13.0. The molecule has 2 amide bonds. The van der Waals surface area contributed by atoms with E-state index in [0.29, 0.717) is 11.3 Å². The Balaban J connectivity index is 2.14. The molecule has 0 saturated heterocycles.